The molecule has 1 aromatic carbocycles. The molecule has 23 heavy (non-hydrogen) atoms. The number of hydrogen-bond donors (Lipinski definition) is 2. The largest absolute Gasteiger partial charge is 0.509 e. The number of rotatable bonds is 2. The van der Waals surface area contributed by atoms with Crippen LogP contribution in [-0.2, 0) is 9.59 Å². The molecule has 122 valence electrons. The van der Waals surface area contributed by atoms with Crippen molar-refractivity contribution < 1.29 is 14.7 Å². The van der Waals surface area contributed by atoms with Crippen LogP contribution in [0, 0.1) is 19.8 Å². The molecular weight excluding hydrogens is 290 g/mol. The summed E-state index contributed by atoms with van der Waals surface area (Å²) in [4.78, 5) is 24.1. The quantitative estimate of drug-likeness (QED) is 0.881. The summed E-state index contributed by atoms with van der Waals surface area (Å²) >= 11 is 0. The summed E-state index contributed by atoms with van der Waals surface area (Å²) in [7, 11) is 0. The monoisotopic (exact) mass is 313 g/mol. The number of benzene rings is 1. The van der Waals surface area contributed by atoms with Crippen LogP contribution >= 0.6 is 0 Å². The van der Waals surface area contributed by atoms with Gasteiger partial charge in [-0.3, -0.25) is 9.59 Å². The van der Waals surface area contributed by atoms with E-state index in [0.717, 1.165) is 16.7 Å². The summed E-state index contributed by atoms with van der Waals surface area (Å²) in [6.45, 7) is 5.54. The van der Waals surface area contributed by atoms with Crippen LogP contribution in [0.4, 0.5) is 0 Å². The second kappa shape index (κ2) is 5.52. The van der Waals surface area contributed by atoms with E-state index in [1.807, 2.05) is 32.0 Å². The molecule has 3 rings (SSSR count). The van der Waals surface area contributed by atoms with Crippen LogP contribution in [0.1, 0.15) is 49.3 Å². The van der Waals surface area contributed by atoms with Crippen molar-refractivity contribution in [3.63, 3.8) is 0 Å². The Labute approximate surface area is 136 Å². The van der Waals surface area contributed by atoms with Crippen molar-refractivity contribution in [1.29, 1.82) is 0 Å². The smallest absolute Gasteiger partial charge is 0.256 e. The van der Waals surface area contributed by atoms with Crippen LogP contribution in [-0.4, -0.2) is 22.3 Å². The second-order valence-corrected chi connectivity index (χ2v) is 6.96. The molecule has 0 aromatic heterocycles. The van der Waals surface area contributed by atoms with Gasteiger partial charge in [0.15, 0.2) is 0 Å². The molecule has 1 aliphatic heterocycles. The summed E-state index contributed by atoms with van der Waals surface area (Å²) in [5.74, 6) is 0.188. The van der Waals surface area contributed by atoms with Crippen molar-refractivity contribution in [3.8, 4) is 0 Å². The molecule has 1 heterocycles. The minimum absolute atomic E-state index is 0.0510. The van der Waals surface area contributed by atoms with E-state index in [2.05, 4.69) is 5.32 Å². The lowest BCUT2D eigenvalue weighted by molar-refractivity contribution is -0.122. The van der Waals surface area contributed by atoms with E-state index >= 15 is 0 Å². The van der Waals surface area contributed by atoms with E-state index in [4.69, 9.17) is 0 Å². The van der Waals surface area contributed by atoms with Gasteiger partial charge in [0.05, 0.1) is 11.1 Å². The van der Waals surface area contributed by atoms with Crippen LogP contribution in [0.5, 0.6) is 0 Å². The molecule has 4 nitrogen and oxygen atoms in total. The fourth-order valence-corrected chi connectivity index (χ4v) is 3.82. The predicted molar refractivity (Wildman–Crippen MR) is 89.0 cm³/mol. The van der Waals surface area contributed by atoms with E-state index in [0.29, 0.717) is 31.3 Å². The zero-order valence-corrected chi connectivity index (χ0v) is 13.9. The van der Waals surface area contributed by atoms with E-state index in [1.165, 1.54) is 0 Å². The van der Waals surface area contributed by atoms with Crippen molar-refractivity contribution in [2.45, 2.75) is 52.0 Å². The summed E-state index contributed by atoms with van der Waals surface area (Å²) < 4.78 is 0. The lowest BCUT2D eigenvalue weighted by atomic mass is 9.74. The Morgan fingerprint density at radius 3 is 2.52 bits per heavy atom. The number of carbonyl (C=O) groups is 2. The van der Waals surface area contributed by atoms with Gasteiger partial charge in [-0.15, -0.1) is 0 Å². The van der Waals surface area contributed by atoms with E-state index in [-0.39, 0.29) is 23.4 Å². The predicted octanol–water partition coefficient (Wildman–Crippen LogP) is 3.22. The van der Waals surface area contributed by atoms with Crippen molar-refractivity contribution in [2.24, 2.45) is 5.92 Å². The molecule has 1 aromatic rings. The molecule has 1 fully saturated rings. The van der Waals surface area contributed by atoms with Gasteiger partial charge in [-0.2, -0.15) is 0 Å². The highest BCUT2D eigenvalue weighted by molar-refractivity contribution is 6.23. The van der Waals surface area contributed by atoms with Gasteiger partial charge in [-0.1, -0.05) is 23.8 Å². The lowest BCUT2D eigenvalue weighted by Crippen LogP contribution is -2.47. The van der Waals surface area contributed by atoms with Gasteiger partial charge >= 0.3 is 0 Å². The van der Waals surface area contributed by atoms with Crippen molar-refractivity contribution in [3.05, 3.63) is 40.6 Å². The zero-order chi connectivity index (χ0) is 16.8. The molecule has 0 saturated heterocycles. The van der Waals surface area contributed by atoms with Crippen LogP contribution in [0.15, 0.2) is 24.0 Å². The molecule has 4 heteroatoms. The first-order chi connectivity index (χ1) is 10.8. The first kappa shape index (κ1) is 15.8. The van der Waals surface area contributed by atoms with Crippen LogP contribution in [0.2, 0.25) is 0 Å². The maximum atomic E-state index is 12.5. The van der Waals surface area contributed by atoms with Crippen molar-refractivity contribution >= 4 is 17.3 Å². The Kier molecular flexibility index (Phi) is 3.78. The highest BCUT2D eigenvalue weighted by Gasteiger charge is 2.48. The molecular formula is C19H23NO3. The van der Waals surface area contributed by atoms with E-state index < -0.39 is 5.54 Å². The Balaban J connectivity index is 1.98. The summed E-state index contributed by atoms with van der Waals surface area (Å²) in [5.41, 5.74) is 2.54. The number of aryl methyl sites for hydroxylation is 2. The van der Waals surface area contributed by atoms with Crippen molar-refractivity contribution in [1.82, 2.24) is 5.32 Å². The molecule has 1 spiro atoms. The summed E-state index contributed by atoms with van der Waals surface area (Å²) in [5, 5.41) is 13.8. The van der Waals surface area contributed by atoms with Gasteiger partial charge in [0.2, 0.25) is 0 Å². The topological polar surface area (TPSA) is 66.4 Å². The normalized spacial score (nSPS) is 27.4. The van der Waals surface area contributed by atoms with Crippen molar-refractivity contribution in [2.75, 3.05) is 0 Å². The van der Waals surface area contributed by atoms with Gasteiger partial charge in [-0.05, 0) is 57.6 Å². The Hall–Kier alpha value is -2.10. The molecule has 0 atom stereocenters. The zero-order valence-electron chi connectivity index (χ0n) is 13.9. The summed E-state index contributed by atoms with van der Waals surface area (Å²) in [6.07, 6.45) is 2.64. The SMILES string of the molecule is CC(=O)C1CCC2(CC1)NC(=O)C(c1cc(C)ccc1C)=C2O. The average Bonchev–Trinajstić information content (AvgIpc) is 2.73. The number of nitrogens with one attached hydrogen (secondary N) is 1. The molecule has 2 aliphatic rings. The van der Waals surface area contributed by atoms with Gasteiger partial charge in [0.1, 0.15) is 11.5 Å². The molecule has 1 amide bonds. The van der Waals surface area contributed by atoms with Gasteiger partial charge in [0, 0.05) is 5.92 Å². The first-order valence-electron chi connectivity index (χ1n) is 8.18. The highest BCUT2D eigenvalue weighted by atomic mass is 16.3. The Morgan fingerprint density at radius 2 is 1.91 bits per heavy atom. The molecule has 1 aliphatic carbocycles. The molecule has 2 N–H and O–H groups in total. The first-order valence-corrected chi connectivity index (χ1v) is 8.18. The molecule has 0 radical (unpaired) electrons. The highest BCUT2D eigenvalue weighted by Crippen LogP contribution is 2.43. The van der Waals surface area contributed by atoms with E-state index in [9.17, 15) is 14.7 Å². The Bertz CT molecular complexity index is 709. The fourth-order valence-electron chi connectivity index (χ4n) is 3.82. The number of hydrogen-bond acceptors (Lipinski definition) is 3. The summed E-state index contributed by atoms with van der Waals surface area (Å²) in [6, 6.07) is 5.91. The third-order valence-corrected chi connectivity index (χ3v) is 5.35. The van der Waals surface area contributed by atoms with Gasteiger partial charge in [0.25, 0.3) is 5.91 Å². The van der Waals surface area contributed by atoms with Crippen LogP contribution in [0.25, 0.3) is 5.57 Å². The third-order valence-electron chi connectivity index (χ3n) is 5.35. The minimum Gasteiger partial charge on any atom is -0.509 e. The lowest BCUT2D eigenvalue weighted by Gasteiger charge is -2.36. The molecule has 1 saturated carbocycles. The van der Waals surface area contributed by atoms with Crippen LogP contribution < -0.4 is 5.32 Å². The average molecular weight is 313 g/mol. The van der Waals surface area contributed by atoms with Gasteiger partial charge < -0.3 is 10.4 Å². The maximum absolute atomic E-state index is 12.5. The van der Waals surface area contributed by atoms with Crippen LogP contribution in [0.3, 0.4) is 0 Å². The van der Waals surface area contributed by atoms with E-state index in [1.54, 1.807) is 6.92 Å². The Morgan fingerprint density at radius 1 is 1.26 bits per heavy atom. The van der Waals surface area contributed by atoms with Gasteiger partial charge in [-0.25, -0.2) is 0 Å². The third kappa shape index (κ3) is 2.56. The number of aliphatic hydroxyl groups excluding tert-OH is 1. The molecule has 0 unspecified atom stereocenters. The number of Topliss-reactive ketones (excluding diaryl/α,β-unsaturated/α-hetero) is 1. The number of amides is 1. The maximum Gasteiger partial charge on any atom is 0.256 e. The number of ketones is 1. The molecule has 0 bridgehead atoms. The minimum atomic E-state index is -0.686. The standard InChI is InChI=1S/C19H23NO3/c1-11-4-5-12(2)15(10-11)16-17(22)19(20-18(16)23)8-6-14(7-9-19)13(3)21/h4-5,10,14,22H,6-9H2,1-3H3,(H,20,23). The number of aliphatic hydroxyl groups is 1. The second-order valence-electron chi connectivity index (χ2n) is 6.96. The fraction of sp³-hybridized carbons (Fsp3) is 0.474. The number of carbonyl (C=O) groups excluding carboxylic acids is 2.